The average molecular weight is 719 g/mol. The highest BCUT2D eigenvalue weighted by Crippen LogP contribution is 2.62. The smallest absolute Gasteiger partial charge is 0.389 e. The Bertz CT molecular complexity index is 2000. The monoisotopic (exact) mass is 718 g/mol. The van der Waals surface area contributed by atoms with Crippen molar-refractivity contribution in [1.82, 2.24) is 39.0 Å². The third kappa shape index (κ3) is 5.44. The van der Waals surface area contributed by atoms with Gasteiger partial charge < -0.3 is 31.1 Å². The SMILES string of the molecule is C[C@@]12COP(=O)(O)O[C@@H]3[C@H](O)[C@@H](CO[P@@](=O)(S)O[C@H]1[C@@H](O)[C@H](n1cnc4c(N)ncnc41)C2)S[C@H]3n1cnc2c(=O)[nH]c(N)nc21. The number of fused-ring (bicyclic) bond motifs is 5. The third-order valence-electron chi connectivity index (χ3n) is 8.31. The maximum absolute atomic E-state index is 13.6. The quantitative estimate of drug-likeness (QED) is 0.109. The number of nitrogen functional groups attached to an aromatic ring is 2. The lowest BCUT2D eigenvalue weighted by atomic mass is 9.87. The van der Waals surface area contributed by atoms with E-state index in [2.05, 4.69) is 42.2 Å². The Kier molecular flexibility index (Phi) is 7.80. The van der Waals surface area contributed by atoms with E-state index in [1.165, 1.54) is 23.5 Å². The zero-order valence-electron chi connectivity index (χ0n) is 23.6. The Balaban J connectivity index is 1.23. The van der Waals surface area contributed by atoms with Crippen molar-refractivity contribution in [3.05, 3.63) is 29.3 Å². The van der Waals surface area contributed by atoms with E-state index in [-0.39, 0.29) is 29.4 Å². The lowest BCUT2D eigenvalue weighted by Gasteiger charge is -2.33. The maximum Gasteiger partial charge on any atom is 0.472 e. The molecule has 3 fully saturated rings. The molecule has 8 N–H and O–H groups in total. The molecule has 248 valence electrons. The molecule has 6 heterocycles. The Morgan fingerprint density at radius 1 is 1.07 bits per heavy atom. The summed E-state index contributed by atoms with van der Waals surface area (Å²) in [6, 6.07) is -0.798. The standard InChI is InChI=1S/C22H28N10O10P2S2/c1-22-2-8(31-6-27-10-16(23)25-5-26-17(10)31)12(33)15(22)42-44(38,45)39-3-9-13(34)14(41-43(36,37)40-4-22)20(46-9)32-7-28-11-18(32)29-21(24)30-19(11)35/h5-9,12-15,20,33-34H,2-4H2,1H3,(H,36,37)(H,38,45)(H2,23,25,26)(H3,24,29,30,35)/t8-,9-,12+,13-,14-,15+,20-,22-,44-/m1/s1. The van der Waals surface area contributed by atoms with Crippen LogP contribution in [0.3, 0.4) is 0 Å². The number of imidazole rings is 2. The summed E-state index contributed by atoms with van der Waals surface area (Å²) >= 11 is 5.16. The first-order valence-corrected chi connectivity index (χ1v) is 18.8. The molecule has 0 amide bonds. The van der Waals surface area contributed by atoms with Gasteiger partial charge in [-0.15, -0.1) is 11.8 Å². The number of thiol groups is 1. The largest absolute Gasteiger partial charge is 0.472 e. The molecule has 1 unspecified atom stereocenters. The number of rotatable bonds is 2. The molecule has 7 rings (SSSR count). The van der Waals surface area contributed by atoms with Crippen LogP contribution in [0.15, 0.2) is 23.8 Å². The third-order valence-corrected chi connectivity index (χ3v) is 12.4. The zero-order chi connectivity index (χ0) is 32.8. The number of aromatic nitrogens is 8. The van der Waals surface area contributed by atoms with Gasteiger partial charge in [-0.1, -0.05) is 19.2 Å². The number of phosphoric ester groups is 1. The predicted molar refractivity (Wildman–Crippen MR) is 165 cm³/mol. The van der Waals surface area contributed by atoms with Gasteiger partial charge in [-0.3, -0.25) is 32.4 Å². The number of thioether (sulfide) groups is 1. The van der Waals surface area contributed by atoms with Gasteiger partial charge in [0.25, 0.3) is 5.56 Å². The van der Waals surface area contributed by atoms with E-state index in [9.17, 15) is 29.0 Å². The number of phosphoric acid groups is 1. The van der Waals surface area contributed by atoms with Crippen molar-refractivity contribution in [2.75, 3.05) is 24.7 Å². The maximum atomic E-state index is 13.6. The summed E-state index contributed by atoms with van der Waals surface area (Å²) in [4.78, 5) is 46.2. The molecular formula is C22H28N10O10P2S2. The van der Waals surface area contributed by atoms with E-state index in [0.717, 1.165) is 11.8 Å². The van der Waals surface area contributed by atoms with Crippen LogP contribution in [0.4, 0.5) is 11.8 Å². The van der Waals surface area contributed by atoms with Crippen molar-refractivity contribution in [3.8, 4) is 0 Å². The molecule has 46 heavy (non-hydrogen) atoms. The molecule has 2 bridgehead atoms. The van der Waals surface area contributed by atoms with Crippen molar-refractivity contribution >= 4 is 72.7 Å². The number of aromatic amines is 1. The Hall–Kier alpha value is -2.62. The van der Waals surface area contributed by atoms with Crippen LogP contribution in [0.2, 0.25) is 0 Å². The van der Waals surface area contributed by atoms with Crippen LogP contribution < -0.4 is 17.0 Å². The van der Waals surface area contributed by atoms with Gasteiger partial charge in [-0.25, -0.2) is 29.1 Å². The summed E-state index contributed by atoms with van der Waals surface area (Å²) < 4.78 is 52.5. The molecule has 20 nitrogen and oxygen atoms in total. The molecule has 0 spiro atoms. The second-order valence-electron chi connectivity index (χ2n) is 11.4. The highest BCUT2D eigenvalue weighted by molar-refractivity contribution is 8.44. The first kappa shape index (κ1) is 32.0. The van der Waals surface area contributed by atoms with E-state index in [1.807, 2.05) is 0 Å². The van der Waals surface area contributed by atoms with Gasteiger partial charge in [-0.05, 0) is 6.42 Å². The van der Waals surface area contributed by atoms with Crippen molar-refractivity contribution in [1.29, 1.82) is 0 Å². The van der Waals surface area contributed by atoms with E-state index in [1.54, 1.807) is 11.5 Å². The van der Waals surface area contributed by atoms with Crippen molar-refractivity contribution < 1.29 is 42.3 Å². The summed E-state index contributed by atoms with van der Waals surface area (Å²) in [5.74, 6) is -0.0787. The minimum absolute atomic E-state index is 0.0273. The molecule has 0 radical (unpaired) electrons. The first-order valence-electron chi connectivity index (χ1n) is 13.6. The summed E-state index contributed by atoms with van der Waals surface area (Å²) in [6.45, 7) is -3.63. The molecule has 4 aromatic rings. The van der Waals surface area contributed by atoms with E-state index in [4.69, 9.17) is 29.6 Å². The molecule has 1 aliphatic carbocycles. The molecule has 4 aromatic heterocycles. The molecular weight excluding hydrogens is 690 g/mol. The van der Waals surface area contributed by atoms with Crippen molar-refractivity contribution in [2.24, 2.45) is 5.41 Å². The van der Waals surface area contributed by atoms with Gasteiger partial charge in [0.1, 0.15) is 35.5 Å². The van der Waals surface area contributed by atoms with Gasteiger partial charge in [-0.2, -0.15) is 4.98 Å². The number of anilines is 2. The van der Waals surface area contributed by atoms with E-state index in [0.29, 0.717) is 11.2 Å². The van der Waals surface area contributed by atoms with Crippen LogP contribution >= 0.6 is 38.6 Å². The number of nitrogens with two attached hydrogens (primary N) is 2. The average Bonchev–Trinajstić information content (AvgIpc) is 3.73. The van der Waals surface area contributed by atoms with Crippen LogP contribution in [0.25, 0.3) is 22.3 Å². The molecule has 24 heteroatoms. The second kappa shape index (κ2) is 11.2. The van der Waals surface area contributed by atoms with E-state index < -0.39 is 79.9 Å². The lowest BCUT2D eigenvalue weighted by Crippen LogP contribution is -2.39. The highest BCUT2D eigenvalue weighted by Gasteiger charge is 2.57. The Morgan fingerprint density at radius 2 is 1.80 bits per heavy atom. The van der Waals surface area contributed by atoms with Crippen LogP contribution in [0, 0.1) is 5.41 Å². The van der Waals surface area contributed by atoms with Gasteiger partial charge in [0, 0.05) is 5.41 Å². The van der Waals surface area contributed by atoms with Crippen molar-refractivity contribution in [2.45, 2.75) is 54.4 Å². The number of nitrogens with zero attached hydrogens (tertiary/aromatic N) is 7. The highest BCUT2D eigenvalue weighted by atomic mass is 32.7. The number of aliphatic hydroxyl groups excluding tert-OH is 2. The molecule has 2 saturated heterocycles. The zero-order valence-corrected chi connectivity index (χ0v) is 27.1. The number of hydrogen-bond donors (Lipinski definition) is 7. The van der Waals surface area contributed by atoms with Crippen molar-refractivity contribution in [3.63, 3.8) is 0 Å². The van der Waals surface area contributed by atoms with Gasteiger partial charge in [0.05, 0.1) is 43.3 Å². The number of aliphatic hydroxyl groups is 2. The molecule has 0 aromatic carbocycles. The second-order valence-corrected chi connectivity index (χ2v) is 17.1. The minimum atomic E-state index is -4.97. The summed E-state index contributed by atoms with van der Waals surface area (Å²) in [5, 5.41) is 20.8. The number of nitrogens with one attached hydrogen (secondary N) is 1. The fourth-order valence-electron chi connectivity index (χ4n) is 6.11. The Labute approximate surface area is 267 Å². The molecule has 3 aliphatic rings. The molecule has 2 aliphatic heterocycles. The van der Waals surface area contributed by atoms with Gasteiger partial charge >= 0.3 is 14.6 Å². The van der Waals surface area contributed by atoms with Gasteiger partial charge in [0.15, 0.2) is 22.6 Å². The van der Waals surface area contributed by atoms with Gasteiger partial charge in [0.2, 0.25) is 5.95 Å². The number of H-pyrrole nitrogens is 1. The Morgan fingerprint density at radius 3 is 2.59 bits per heavy atom. The normalized spacial score (nSPS) is 38.8. The van der Waals surface area contributed by atoms with Crippen LogP contribution in [0.1, 0.15) is 24.8 Å². The summed E-state index contributed by atoms with van der Waals surface area (Å²) in [6.07, 6.45) is -1.65. The summed E-state index contributed by atoms with van der Waals surface area (Å²) in [7, 11) is -4.97. The van der Waals surface area contributed by atoms with Crippen LogP contribution in [-0.4, -0.2) is 97.0 Å². The van der Waals surface area contributed by atoms with Crippen LogP contribution in [0.5, 0.6) is 0 Å². The first-order chi connectivity index (χ1) is 21.7. The fourth-order valence-corrected chi connectivity index (χ4v) is 10.4. The molecule has 1 saturated carbocycles. The number of hydrogen-bond acceptors (Lipinski definition) is 17. The minimum Gasteiger partial charge on any atom is -0.389 e. The van der Waals surface area contributed by atoms with E-state index >= 15 is 0 Å². The fraction of sp³-hybridized carbons (Fsp3) is 0.545. The predicted octanol–water partition coefficient (Wildman–Crippen LogP) is 0.366. The lowest BCUT2D eigenvalue weighted by molar-refractivity contribution is -0.0329. The van der Waals surface area contributed by atoms with Crippen LogP contribution in [-0.2, 0) is 27.2 Å². The topological polar surface area (TPSA) is 291 Å². The molecule has 10 atom stereocenters. The summed E-state index contributed by atoms with van der Waals surface area (Å²) in [5.41, 5.74) is 10.3.